The first-order chi connectivity index (χ1) is 10.8. The predicted octanol–water partition coefficient (Wildman–Crippen LogP) is 0.292. The van der Waals surface area contributed by atoms with E-state index < -0.39 is 27.0 Å². The number of nitro benzene ring substituents is 1. The number of aromatic nitrogens is 2. The molecule has 11 heteroatoms. The first kappa shape index (κ1) is 16.6. The van der Waals surface area contributed by atoms with E-state index in [2.05, 4.69) is 9.97 Å². The van der Waals surface area contributed by atoms with Crippen LogP contribution in [0.2, 0.25) is 0 Å². The number of nitro groups is 1. The number of sulfonamides is 1. The van der Waals surface area contributed by atoms with E-state index in [0.717, 1.165) is 24.3 Å². The number of nitrogens with one attached hydrogen (secondary N) is 2. The molecule has 0 bridgehead atoms. The fourth-order valence-corrected chi connectivity index (χ4v) is 2.98. The van der Waals surface area contributed by atoms with Gasteiger partial charge in [0, 0.05) is 24.8 Å². The fourth-order valence-electron chi connectivity index (χ4n) is 1.79. The van der Waals surface area contributed by atoms with E-state index in [-0.39, 0.29) is 17.0 Å². The monoisotopic (exact) mass is 340 g/mol. The molecule has 122 valence electrons. The lowest BCUT2D eigenvalue weighted by Crippen LogP contribution is -2.42. The molecule has 0 saturated heterocycles. The van der Waals surface area contributed by atoms with Gasteiger partial charge in [-0.3, -0.25) is 14.9 Å². The lowest BCUT2D eigenvalue weighted by Gasteiger charge is -2.13. The quantitative estimate of drug-likeness (QED) is 0.483. The lowest BCUT2D eigenvalue weighted by molar-refractivity contribution is -0.384. The summed E-state index contributed by atoms with van der Waals surface area (Å²) in [4.78, 5) is 27.3. The first-order valence-corrected chi connectivity index (χ1v) is 7.75. The second kappa shape index (κ2) is 6.54. The fraction of sp³-hybridized carbons (Fsp3) is 0.167. The van der Waals surface area contributed by atoms with Crippen LogP contribution in [0.5, 0.6) is 0 Å². The van der Waals surface area contributed by atoms with Gasteiger partial charge in [0.1, 0.15) is 6.04 Å². The van der Waals surface area contributed by atoms with Gasteiger partial charge < -0.3 is 10.1 Å². The third-order valence-corrected chi connectivity index (χ3v) is 4.41. The molecule has 0 spiro atoms. The number of H-pyrrole nitrogens is 1. The van der Waals surface area contributed by atoms with E-state index in [0.29, 0.717) is 5.69 Å². The molecule has 0 aliphatic rings. The van der Waals surface area contributed by atoms with Crippen molar-refractivity contribution in [1.29, 1.82) is 0 Å². The summed E-state index contributed by atoms with van der Waals surface area (Å²) in [5.74, 6) is -1.36. The van der Waals surface area contributed by atoms with Crippen molar-refractivity contribution in [2.45, 2.75) is 17.4 Å². The van der Waals surface area contributed by atoms with Gasteiger partial charge in [-0.05, 0) is 12.1 Å². The maximum absolute atomic E-state index is 12.2. The van der Waals surface area contributed by atoms with Crippen LogP contribution < -0.4 is 4.72 Å². The Labute approximate surface area is 130 Å². The van der Waals surface area contributed by atoms with Crippen molar-refractivity contribution in [3.8, 4) is 0 Å². The number of aliphatic carboxylic acids is 1. The molecule has 1 atom stereocenters. The van der Waals surface area contributed by atoms with Gasteiger partial charge in [0.05, 0.1) is 21.8 Å². The summed E-state index contributed by atoms with van der Waals surface area (Å²) in [7, 11) is -4.14. The van der Waals surface area contributed by atoms with Crippen LogP contribution in [0.4, 0.5) is 5.69 Å². The summed E-state index contributed by atoms with van der Waals surface area (Å²) in [6.45, 7) is 0. The van der Waals surface area contributed by atoms with Gasteiger partial charge in [-0.25, -0.2) is 13.4 Å². The minimum Gasteiger partial charge on any atom is -0.480 e. The molecule has 1 aromatic heterocycles. The zero-order valence-electron chi connectivity index (χ0n) is 11.5. The van der Waals surface area contributed by atoms with Crippen molar-refractivity contribution in [1.82, 2.24) is 14.7 Å². The van der Waals surface area contributed by atoms with Crippen molar-refractivity contribution in [2.75, 3.05) is 0 Å². The predicted molar refractivity (Wildman–Crippen MR) is 77.1 cm³/mol. The number of benzene rings is 1. The molecular weight excluding hydrogens is 328 g/mol. The van der Waals surface area contributed by atoms with E-state index in [4.69, 9.17) is 5.11 Å². The number of hydrogen-bond acceptors (Lipinski definition) is 6. The Kier molecular flexibility index (Phi) is 4.71. The standard InChI is InChI=1S/C12H12N4O6S/c17-12(18)11(5-8-6-13-7-14-8)15-23(21,22)10-3-1-9(2-4-10)16(19)20/h1-4,6-7,11,15H,5H2,(H,13,14)(H,17,18)/t11-/m0/s1. The van der Waals surface area contributed by atoms with Crippen LogP contribution in [0.15, 0.2) is 41.7 Å². The van der Waals surface area contributed by atoms with Gasteiger partial charge >= 0.3 is 5.97 Å². The van der Waals surface area contributed by atoms with Gasteiger partial charge in [-0.15, -0.1) is 0 Å². The van der Waals surface area contributed by atoms with Crippen LogP contribution in [0.25, 0.3) is 0 Å². The number of carbonyl (C=O) groups is 1. The molecule has 2 rings (SSSR count). The summed E-state index contributed by atoms with van der Waals surface area (Å²) in [6.07, 6.45) is 2.65. The molecule has 0 unspecified atom stereocenters. The molecule has 10 nitrogen and oxygen atoms in total. The van der Waals surface area contributed by atoms with Crippen LogP contribution in [0.1, 0.15) is 5.69 Å². The number of non-ortho nitro benzene ring substituents is 1. The minimum absolute atomic E-state index is 0.148. The van der Waals surface area contributed by atoms with Crippen molar-refractivity contribution in [3.05, 3.63) is 52.6 Å². The minimum atomic E-state index is -4.14. The Morgan fingerprint density at radius 3 is 2.52 bits per heavy atom. The molecule has 1 heterocycles. The molecule has 0 saturated carbocycles. The maximum atomic E-state index is 12.2. The first-order valence-electron chi connectivity index (χ1n) is 6.27. The van der Waals surface area contributed by atoms with E-state index in [9.17, 15) is 23.3 Å². The van der Waals surface area contributed by atoms with E-state index in [1.807, 2.05) is 4.72 Å². The number of nitrogens with zero attached hydrogens (tertiary/aromatic N) is 2. The highest BCUT2D eigenvalue weighted by atomic mass is 32.2. The average Bonchev–Trinajstić information content (AvgIpc) is 2.99. The summed E-state index contributed by atoms with van der Waals surface area (Å²) in [5, 5.41) is 19.7. The lowest BCUT2D eigenvalue weighted by atomic mass is 10.2. The molecule has 2 aromatic rings. The Morgan fingerprint density at radius 2 is 2.04 bits per heavy atom. The second-order valence-electron chi connectivity index (χ2n) is 4.53. The molecule has 0 aliphatic heterocycles. The molecule has 3 N–H and O–H groups in total. The Hall–Kier alpha value is -2.79. The van der Waals surface area contributed by atoms with Crippen LogP contribution in [-0.4, -0.2) is 40.4 Å². The van der Waals surface area contributed by atoms with Crippen LogP contribution >= 0.6 is 0 Å². The summed E-state index contributed by atoms with van der Waals surface area (Å²) in [6, 6.07) is 2.70. The number of aromatic amines is 1. The largest absolute Gasteiger partial charge is 0.480 e. The molecule has 0 radical (unpaired) electrons. The number of rotatable bonds is 7. The zero-order chi connectivity index (χ0) is 17.0. The van der Waals surface area contributed by atoms with Gasteiger partial charge in [-0.1, -0.05) is 0 Å². The molecule has 0 fully saturated rings. The van der Waals surface area contributed by atoms with Crippen molar-refractivity contribution < 1.29 is 23.2 Å². The van der Waals surface area contributed by atoms with Gasteiger partial charge in [-0.2, -0.15) is 4.72 Å². The van der Waals surface area contributed by atoms with Crippen LogP contribution in [-0.2, 0) is 21.2 Å². The van der Waals surface area contributed by atoms with Gasteiger partial charge in [0.15, 0.2) is 0 Å². The molecular formula is C12H12N4O6S. The Balaban J connectivity index is 2.20. The van der Waals surface area contributed by atoms with Gasteiger partial charge in [0.25, 0.3) is 5.69 Å². The molecule has 23 heavy (non-hydrogen) atoms. The third kappa shape index (κ3) is 4.11. The Bertz CT molecular complexity index is 801. The average molecular weight is 340 g/mol. The topological polar surface area (TPSA) is 155 Å². The SMILES string of the molecule is O=C(O)[C@H](Cc1c[nH]cn1)NS(=O)(=O)c1ccc([N+](=O)[O-])cc1. The third-order valence-electron chi connectivity index (χ3n) is 2.92. The maximum Gasteiger partial charge on any atom is 0.322 e. The number of carboxylic acid groups (broad SMARTS) is 1. The summed E-state index contributed by atoms with van der Waals surface area (Å²) in [5.41, 5.74) is 0.110. The van der Waals surface area contributed by atoms with E-state index >= 15 is 0 Å². The number of carboxylic acids is 1. The highest BCUT2D eigenvalue weighted by molar-refractivity contribution is 7.89. The van der Waals surface area contributed by atoms with E-state index in [1.54, 1.807) is 0 Å². The molecule has 0 amide bonds. The van der Waals surface area contributed by atoms with E-state index in [1.165, 1.54) is 12.5 Å². The summed E-state index contributed by atoms with van der Waals surface area (Å²) < 4.78 is 26.4. The van der Waals surface area contributed by atoms with Gasteiger partial charge in [0.2, 0.25) is 10.0 Å². The highest BCUT2D eigenvalue weighted by Crippen LogP contribution is 2.16. The molecule has 0 aliphatic carbocycles. The second-order valence-corrected chi connectivity index (χ2v) is 6.24. The van der Waals surface area contributed by atoms with Crippen molar-refractivity contribution in [2.24, 2.45) is 0 Å². The Morgan fingerprint density at radius 1 is 1.39 bits per heavy atom. The van der Waals surface area contributed by atoms with Crippen molar-refractivity contribution >= 4 is 21.7 Å². The zero-order valence-corrected chi connectivity index (χ0v) is 12.4. The van der Waals surface area contributed by atoms with Crippen LogP contribution in [0.3, 0.4) is 0 Å². The normalized spacial score (nSPS) is 12.7. The highest BCUT2D eigenvalue weighted by Gasteiger charge is 2.26. The molecule has 1 aromatic carbocycles. The number of imidazole rings is 1. The van der Waals surface area contributed by atoms with Crippen LogP contribution in [0, 0.1) is 10.1 Å². The number of hydrogen-bond donors (Lipinski definition) is 3. The smallest absolute Gasteiger partial charge is 0.322 e. The van der Waals surface area contributed by atoms with Crippen molar-refractivity contribution in [3.63, 3.8) is 0 Å². The summed E-state index contributed by atoms with van der Waals surface area (Å²) >= 11 is 0.